The Morgan fingerprint density at radius 1 is 1.25 bits per heavy atom. The molecule has 148 valence electrons. The van der Waals surface area contributed by atoms with Gasteiger partial charge < -0.3 is 10.3 Å². The molecule has 0 aliphatic heterocycles. The number of thioether (sulfide) groups is 1. The third kappa shape index (κ3) is 4.84. The van der Waals surface area contributed by atoms with E-state index in [2.05, 4.69) is 29.1 Å². The zero-order valence-corrected chi connectivity index (χ0v) is 17.5. The molecule has 0 atom stereocenters. The quantitative estimate of drug-likeness (QED) is 0.472. The van der Waals surface area contributed by atoms with Gasteiger partial charge >= 0.3 is 0 Å². The Labute approximate surface area is 168 Å². The van der Waals surface area contributed by atoms with E-state index in [4.69, 9.17) is 0 Å². The second-order valence-corrected chi connectivity index (χ2v) is 8.41. The number of hydrogen-bond donors (Lipinski definition) is 2. The lowest BCUT2D eigenvalue weighted by molar-refractivity contribution is -0.118. The van der Waals surface area contributed by atoms with E-state index in [9.17, 15) is 9.59 Å². The predicted molar refractivity (Wildman–Crippen MR) is 114 cm³/mol. The van der Waals surface area contributed by atoms with Gasteiger partial charge in [-0.2, -0.15) is 0 Å². The number of H-pyrrole nitrogens is 1. The van der Waals surface area contributed by atoms with E-state index in [-0.39, 0.29) is 17.2 Å². The molecule has 2 heterocycles. The zero-order valence-electron chi connectivity index (χ0n) is 16.7. The second kappa shape index (κ2) is 8.65. The van der Waals surface area contributed by atoms with Crippen LogP contribution in [0.5, 0.6) is 0 Å². The Morgan fingerprint density at radius 2 is 1.96 bits per heavy atom. The monoisotopic (exact) mass is 398 g/mol. The predicted octanol–water partition coefficient (Wildman–Crippen LogP) is 3.41. The summed E-state index contributed by atoms with van der Waals surface area (Å²) in [5.74, 6) is 0.426. The van der Waals surface area contributed by atoms with E-state index in [1.165, 1.54) is 17.3 Å². The third-order valence-corrected chi connectivity index (χ3v) is 5.30. The van der Waals surface area contributed by atoms with Crippen LogP contribution in [0.3, 0.4) is 0 Å². The highest BCUT2D eigenvalue weighted by atomic mass is 32.2. The number of aryl methyl sites for hydroxylation is 2. The number of fused-ring (bicyclic) bond motifs is 1. The SMILES string of the molecule is Cc1ccc(CNC(=O)CSc2nc3cc(C)[nH]c3c(=O)n2CC(C)C)cc1. The molecule has 3 rings (SSSR count). The fourth-order valence-corrected chi connectivity index (χ4v) is 3.77. The van der Waals surface area contributed by atoms with Crippen molar-refractivity contribution >= 4 is 28.7 Å². The maximum atomic E-state index is 12.9. The van der Waals surface area contributed by atoms with Gasteiger partial charge in [0, 0.05) is 18.8 Å². The second-order valence-electron chi connectivity index (χ2n) is 7.47. The van der Waals surface area contributed by atoms with Crippen molar-refractivity contribution in [2.24, 2.45) is 5.92 Å². The molecule has 0 unspecified atom stereocenters. The van der Waals surface area contributed by atoms with Gasteiger partial charge in [0.25, 0.3) is 5.56 Å². The number of carbonyl (C=O) groups excluding carboxylic acids is 1. The Balaban J connectivity index is 1.72. The number of aromatic nitrogens is 3. The first-order valence-electron chi connectivity index (χ1n) is 9.38. The molecule has 7 heteroatoms. The molecule has 2 aromatic heterocycles. The topological polar surface area (TPSA) is 79.8 Å². The van der Waals surface area contributed by atoms with Crippen LogP contribution in [0.1, 0.15) is 30.7 Å². The van der Waals surface area contributed by atoms with Gasteiger partial charge in [-0.25, -0.2) is 4.98 Å². The molecule has 0 radical (unpaired) electrons. The van der Waals surface area contributed by atoms with Crippen LogP contribution < -0.4 is 10.9 Å². The summed E-state index contributed by atoms with van der Waals surface area (Å²) in [7, 11) is 0. The fraction of sp³-hybridized carbons (Fsp3) is 0.381. The summed E-state index contributed by atoms with van der Waals surface area (Å²) in [6.45, 7) is 9.10. The average Bonchev–Trinajstić information content (AvgIpc) is 3.02. The molecule has 3 aromatic rings. The summed E-state index contributed by atoms with van der Waals surface area (Å²) in [5.41, 5.74) is 4.22. The number of amides is 1. The standard InChI is InChI=1S/C21H26N4O2S/c1-13(2)11-25-20(27)19-17(9-15(4)23-19)24-21(25)28-12-18(26)22-10-16-7-5-14(3)6-8-16/h5-9,13,23H,10-12H2,1-4H3,(H,22,26). The molecule has 1 aromatic carbocycles. The number of nitrogens with one attached hydrogen (secondary N) is 2. The van der Waals surface area contributed by atoms with Crippen LogP contribution in [-0.4, -0.2) is 26.2 Å². The van der Waals surface area contributed by atoms with Crippen molar-refractivity contribution in [1.82, 2.24) is 19.9 Å². The van der Waals surface area contributed by atoms with Crippen molar-refractivity contribution in [3.05, 3.63) is 57.5 Å². The normalized spacial score (nSPS) is 11.3. The highest BCUT2D eigenvalue weighted by molar-refractivity contribution is 7.99. The number of rotatable bonds is 7. The van der Waals surface area contributed by atoms with Crippen LogP contribution >= 0.6 is 11.8 Å². The van der Waals surface area contributed by atoms with Gasteiger partial charge in [0.2, 0.25) is 5.91 Å². The molecule has 1 amide bonds. The van der Waals surface area contributed by atoms with Crippen LogP contribution in [0.15, 0.2) is 40.3 Å². The first-order valence-corrected chi connectivity index (χ1v) is 10.4. The molecule has 0 spiro atoms. The van der Waals surface area contributed by atoms with E-state index in [0.29, 0.717) is 35.2 Å². The first kappa shape index (κ1) is 20.2. The van der Waals surface area contributed by atoms with Gasteiger partial charge in [0.15, 0.2) is 5.16 Å². The Kier molecular flexibility index (Phi) is 6.24. The van der Waals surface area contributed by atoms with E-state index >= 15 is 0 Å². The molecule has 0 aliphatic rings. The van der Waals surface area contributed by atoms with Crippen LogP contribution in [0, 0.1) is 19.8 Å². The summed E-state index contributed by atoms with van der Waals surface area (Å²) in [5, 5.41) is 3.50. The number of aromatic amines is 1. The molecular formula is C21H26N4O2S. The summed E-state index contributed by atoms with van der Waals surface area (Å²) in [6.07, 6.45) is 0. The van der Waals surface area contributed by atoms with E-state index in [1.807, 2.05) is 44.2 Å². The summed E-state index contributed by atoms with van der Waals surface area (Å²) in [4.78, 5) is 32.9. The molecule has 6 nitrogen and oxygen atoms in total. The Morgan fingerprint density at radius 3 is 2.64 bits per heavy atom. The fourth-order valence-electron chi connectivity index (χ4n) is 2.94. The smallest absolute Gasteiger partial charge is 0.278 e. The number of hydrogen-bond acceptors (Lipinski definition) is 4. The van der Waals surface area contributed by atoms with Gasteiger partial charge in [-0.05, 0) is 31.4 Å². The largest absolute Gasteiger partial charge is 0.353 e. The van der Waals surface area contributed by atoms with Gasteiger partial charge in [-0.3, -0.25) is 14.2 Å². The molecule has 0 fully saturated rings. The number of carbonyl (C=O) groups is 1. The van der Waals surface area contributed by atoms with Crippen LogP contribution in [0.2, 0.25) is 0 Å². The highest BCUT2D eigenvalue weighted by Crippen LogP contribution is 2.19. The molecule has 0 saturated heterocycles. The Hall–Kier alpha value is -2.54. The minimum atomic E-state index is -0.0886. The van der Waals surface area contributed by atoms with Gasteiger partial charge in [-0.15, -0.1) is 0 Å². The lowest BCUT2D eigenvalue weighted by atomic mass is 10.1. The zero-order chi connectivity index (χ0) is 20.3. The minimum Gasteiger partial charge on any atom is -0.353 e. The third-order valence-electron chi connectivity index (χ3n) is 4.33. The first-order chi connectivity index (χ1) is 13.3. The lowest BCUT2D eigenvalue weighted by Crippen LogP contribution is -2.27. The van der Waals surface area contributed by atoms with Crippen molar-refractivity contribution in [1.29, 1.82) is 0 Å². The number of nitrogens with zero attached hydrogens (tertiary/aromatic N) is 2. The highest BCUT2D eigenvalue weighted by Gasteiger charge is 2.15. The van der Waals surface area contributed by atoms with Crippen LogP contribution in [-0.2, 0) is 17.9 Å². The summed E-state index contributed by atoms with van der Waals surface area (Å²) in [6, 6.07) is 9.93. The minimum absolute atomic E-state index is 0.0822. The van der Waals surface area contributed by atoms with Crippen molar-refractivity contribution in [3.63, 3.8) is 0 Å². The van der Waals surface area contributed by atoms with E-state index < -0.39 is 0 Å². The molecule has 28 heavy (non-hydrogen) atoms. The van der Waals surface area contributed by atoms with Crippen LogP contribution in [0.25, 0.3) is 11.0 Å². The molecule has 0 saturated carbocycles. The van der Waals surface area contributed by atoms with Crippen molar-refractivity contribution < 1.29 is 4.79 Å². The van der Waals surface area contributed by atoms with E-state index in [0.717, 1.165) is 11.3 Å². The van der Waals surface area contributed by atoms with Gasteiger partial charge in [0.05, 0.1) is 11.3 Å². The molecule has 2 N–H and O–H groups in total. The average molecular weight is 399 g/mol. The molecule has 0 aliphatic carbocycles. The van der Waals surface area contributed by atoms with Crippen molar-refractivity contribution in [2.75, 3.05) is 5.75 Å². The molecule has 0 bridgehead atoms. The number of benzene rings is 1. The van der Waals surface area contributed by atoms with Crippen molar-refractivity contribution in [3.8, 4) is 0 Å². The van der Waals surface area contributed by atoms with E-state index in [1.54, 1.807) is 4.57 Å². The maximum Gasteiger partial charge on any atom is 0.278 e. The van der Waals surface area contributed by atoms with Gasteiger partial charge in [0.1, 0.15) is 5.52 Å². The van der Waals surface area contributed by atoms with Gasteiger partial charge in [-0.1, -0.05) is 55.4 Å². The molecular weight excluding hydrogens is 372 g/mol. The van der Waals surface area contributed by atoms with Crippen LogP contribution in [0.4, 0.5) is 0 Å². The van der Waals surface area contributed by atoms with Crippen molar-refractivity contribution in [2.45, 2.75) is 45.9 Å². The Bertz CT molecular complexity index is 1030. The summed E-state index contributed by atoms with van der Waals surface area (Å²) < 4.78 is 1.67. The lowest BCUT2D eigenvalue weighted by Gasteiger charge is -2.14. The maximum absolute atomic E-state index is 12.9. The summed E-state index contributed by atoms with van der Waals surface area (Å²) >= 11 is 1.30.